The average Bonchev–Trinajstić information content (AvgIpc) is 2.93. The van der Waals surface area contributed by atoms with Gasteiger partial charge in [-0.1, -0.05) is 19.1 Å². The second-order valence-electron chi connectivity index (χ2n) is 4.47. The molecule has 1 heterocycles. The molecule has 4 heteroatoms. The molecule has 0 saturated heterocycles. The van der Waals surface area contributed by atoms with E-state index in [4.69, 9.17) is 4.74 Å². The Labute approximate surface area is 114 Å². The molecule has 1 aromatic carbocycles. The van der Waals surface area contributed by atoms with Crippen LogP contribution in [0.4, 0.5) is 0 Å². The van der Waals surface area contributed by atoms with E-state index in [0.29, 0.717) is 6.61 Å². The van der Waals surface area contributed by atoms with Gasteiger partial charge in [0.25, 0.3) is 0 Å². The first kappa shape index (κ1) is 13.6. The van der Waals surface area contributed by atoms with Crippen molar-refractivity contribution < 1.29 is 4.74 Å². The lowest BCUT2D eigenvalue weighted by Crippen LogP contribution is -2.13. The van der Waals surface area contributed by atoms with Gasteiger partial charge in [-0.05, 0) is 30.7 Å². The summed E-state index contributed by atoms with van der Waals surface area (Å²) in [6.07, 6.45) is 6.67. The molecule has 0 aliphatic rings. The molecule has 1 aromatic heterocycles. The molecule has 0 bridgehead atoms. The molecule has 0 aliphatic carbocycles. The van der Waals surface area contributed by atoms with Gasteiger partial charge in [0.15, 0.2) is 0 Å². The Bertz CT molecular complexity index is 468. The number of imidazole rings is 1. The smallest absolute Gasteiger partial charge is 0.119 e. The highest BCUT2D eigenvalue weighted by molar-refractivity contribution is 5.28. The number of hydrogen-bond donors (Lipinski definition) is 1. The van der Waals surface area contributed by atoms with Crippen LogP contribution in [0.5, 0.6) is 5.75 Å². The summed E-state index contributed by atoms with van der Waals surface area (Å²) in [5.74, 6) is 0.927. The van der Waals surface area contributed by atoms with E-state index in [2.05, 4.69) is 29.4 Å². The van der Waals surface area contributed by atoms with E-state index in [-0.39, 0.29) is 0 Å². The summed E-state index contributed by atoms with van der Waals surface area (Å²) in [5.41, 5.74) is 1.26. The van der Waals surface area contributed by atoms with Crippen molar-refractivity contribution in [2.75, 3.05) is 13.2 Å². The second kappa shape index (κ2) is 7.59. The maximum atomic E-state index is 5.75. The highest BCUT2D eigenvalue weighted by Gasteiger charge is 1.97. The van der Waals surface area contributed by atoms with E-state index in [1.807, 2.05) is 22.9 Å². The minimum atomic E-state index is 0.655. The van der Waals surface area contributed by atoms with E-state index in [0.717, 1.165) is 31.8 Å². The molecular weight excluding hydrogens is 238 g/mol. The van der Waals surface area contributed by atoms with Crippen LogP contribution in [-0.4, -0.2) is 22.7 Å². The van der Waals surface area contributed by atoms with Crippen LogP contribution in [-0.2, 0) is 13.1 Å². The van der Waals surface area contributed by atoms with E-state index < -0.39 is 0 Å². The van der Waals surface area contributed by atoms with Gasteiger partial charge in [-0.15, -0.1) is 0 Å². The van der Waals surface area contributed by atoms with Gasteiger partial charge in [0.05, 0.1) is 12.9 Å². The lowest BCUT2D eigenvalue weighted by atomic mass is 10.2. The Morgan fingerprint density at radius 2 is 2.32 bits per heavy atom. The first-order valence-electron chi connectivity index (χ1n) is 6.76. The zero-order chi connectivity index (χ0) is 13.3. The van der Waals surface area contributed by atoms with Gasteiger partial charge in [0.1, 0.15) is 12.4 Å². The fraction of sp³-hybridized carbons (Fsp3) is 0.400. The Morgan fingerprint density at radius 1 is 1.37 bits per heavy atom. The molecule has 19 heavy (non-hydrogen) atoms. The van der Waals surface area contributed by atoms with Gasteiger partial charge in [-0.25, -0.2) is 4.98 Å². The van der Waals surface area contributed by atoms with Gasteiger partial charge in [-0.2, -0.15) is 0 Å². The average molecular weight is 259 g/mol. The van der Waals surface area contributed by atoms with Crippen LogP contribution in [0.25, 0.3) is 0 Å². The molecule has 4 nitrogen and oxygen atoms in total. The van der Waals surface area contributed by atoms with Crippen LogP contribution >= 0.6 is 0 Å². The standard InChI is InChI=1S/C15H21N3O/c1-2-6-16-12-14-4-3-5-15(11-14)19-10-9-18-8-7-17-13-18/h3-5,7-8,11,13,16H,2,6,9-10,12H2,1H3. The zero-order valence-corrected chi connectivity index (χ0v) is 11.4. The zero-order valence-electron chi connectivity index (χ0n) is 11.4. The van der Waals surface area contributed by atoms with Crippen molar-refractivity contribution in [1.82, 2.24) is 14.9 Å². The van der Waals surface area contributed by atoms with Crippen molar-refractivity contribution in [2.45, 2.75) is 26.4 Å². The third-order valence-corrected chi connectivity index (χ3v) is 2.83. The molecule has 0 unspecified atom stereocenters. The predicted octanol–water partition coefficient (Wildman–Crippen LogP) is 2.46. The monoisotopic (exact) mass is 259 g/mol. The van der Waals surface area contributed by atoms with Crippen LogP contribution in [0.2, 0.25) is 0 Å². The number of nitrogens with one attached hydrogen (secondary N) is 1. The van der Waals surface area contributed by atoms with E-state index in [1.54, 1.807) is 12.5 Å². The molecule has 0 spiro atoms. The molecule has 2 aromatic rings. The van der Waals surface area contributed by atoms with Crippen molar-refractivity contribution in [1.29, 1.82) is 0 Å². The van der Waals surface area contributed by atoms with Crippen LogP contribution in [0.1, 0.15) is 18.9 Å². The number of hydrogen-bond acceptors (Lipinski definition) is 3. The molecule has 0 fully saturated rings. The molecule has 102 valence electrons. The number of benzene rings is 1. The summed E-state index contributed by atoms with van der Waals surface area (Å²) < 4.78 is 7.76. The molecule has 2 rings (SSSR count). The number of ether oxygens (including phenoxy) is 1. The molecule has 0 atom stereocenters. The van der Waals surface area contributed by atoms with E-state index in [1.165, 1.54) is 5.56 Å². The SMILES string of the molecule is CCCNCc1cccc(OCCn2ccnc2)c1. The molecular formula is C15H21N3O. The van der Waals surface area contributed by atoms with E-state index >= 15 is 0 Å². The number of rotatable bonds is 8. The molecule has 0 saturated carbocycles. The van der Waals surface area contributed by atoms with Crippen molar-refractivity contribution in [3.63, 3.8) is 0 Å². The minimum absolute atomic E-state index is 0.655. The summed E-state index contributed by atoms with van der Waals surface area (Å²) in [4.78, 5) is 4.00. The first-order valence-corrected chi connectivity index (χ1v) is 6.76. The fourth-order valence-electron chi connectivity index (χ4n) is 1.84. The Balaban J connectivity index is 1.78. The highest BCUT2D eigenvalue weighted by Crippen LogP contribution is 2.13. The lowest BCUT2D eigenvalue weighted by Gasteiger charge is -2.09. The maximum absolute atomic E-state index is 5.75. The summed E-state index contributed by atoms with van der Waals surface area (Å²) in [6, 6.07) is 8.24. The number of nitrogens with zero attached hydrogens (tertiary/aromatic N) is 2. The van der Waals surface area contributed by atoms with Crippen molar-refractivity contribution in [3.05, 3.63) is 48.5 Å². The number of aromatic nitrogens is 2. The summed E-state index contributed by atoms with van der Waals surface area (Å²) >= 11 is 0. The van der Waals surface area contributed by atoms with Gasteiger partial charge >= 0.3 is 0 Å². The largest absolute Gasteiger partial charge is 0.492 e. The minimum Gasteiger partial charge on any atom is -0.492 e. The highest BCUT2D eigenvalue weighted by atomic mass is 16.5. The summed E-state index contributed by atoms with van der Waals surface area (Å²) in [7, 11) is 0. The summed E-state index contributed by atoms with van der Waals surface area (Å²) in [5, 5.41) is 3.39. The molecule has 1 N–H and O–H groups in total. The third kappa shape index (κ3) is 4.75. The van der Waals surface area contributed by atoms with Gasteiger partial charge in [-0.3, -0.25) is 0 Å². The topological polar surface area (TPSA) is 39.1 Å². The first-order chi connectivity index (χ1) is 9.38. The Hall–Kier alpha value is -1.81. The van der Waals surface area contributed by atoms with Gasteiger partial charge < -0.3 is 14.6 Å². The summed E-state index contributed by atoms with van der Waals surface area (Å²) in [6.45, 7) is 5.58. The van der Waals surface area contributed by atoms with E-state index in [9.17, 15) is 0 Å². The molecule has 0 radical (unpaired) electrons. The van der Waals surface area contributed by atoms with Crippen LogP contribution < -0.4 is 10.1 Å². The van der Waals surface area contributed by atoms with Crippen LogP contribution in [0.3, 0.4) is 0 Å². The molecule has 0 aliphatic heterocycles. The van der Waals surface area contributed by atoms with Crippen molar-refractivity contribution in [2.24, 2.45) is 0 Å². The molecule has 0 amide bonds. The van der Waals surface area contributed by atoms with Crippen molar-refractivity contribution in [3.8, 4) is 5.75 Å². The van der Waals surface area contributed by atoms with Gasteiger partial charge in [0.2, 0.25) is 0 Å². The predicted molar refractivity (Wildman–Crippen MR) is 76.2 cm³/mol. The van der Waals surface area contributed by atoms with Crippen LogP contribution in [0.15, 0.2) is 43.0 Å². The lowest BCUT2D eigenvalue weighted by molar-refractivity contribution is 0.298. The maximum Gasteiger partial charge on any atom is 0.119 e. The second-order valence-corrected chi connectivity index (χ2v) is 4.47. The fourth-order valence-corrected chi connectivity index (χ4v) is 1.84. The van der Waals surface area contributed by atoms with Crippen LogP contribution in [0, 0.1) is 0 Å². The Morgan fingerprint density at radius 3 is 3.11 bits per heavy atom. The Kier molecular flexibility index (Phi) is 5.44. The quantitative estimate of drug-likeness (QED) is 0.740. The normalized spacial score (nSPS) is 10.6. The van der Waals surface area contributed by atoms with Gasteiger partial charge in [0, 0.05) is 18.9 Å². The van der Waals surface area contributed by atoms with Crippen molar-refractivity contribution >= 4 is 0 Å². The third-order valence-electron chi connectivity index (χ3n) is 2.83.